The van der Waals surface area contributed by atoms with E-state index in [9.17, 15) is 14.7 Å². The summed E-state index contributed by atoms with van der Waals surface area (Å²) in [6.07, 6.45) is 0.995. The third-order valence-electron chi connectivity index (χ3n) is 3.97. The van der Waals surface area contributed by atoms with E-state index in [4.69, 9.17) is 9.94 Å². The lowest BCUT2D eigenvalue weighted by molar-refractivity contribution is -0.124. The summed E-state index contributed by atoms with van der Waals surface area (Å²) in [5.74, 6) is -1.25. The second kappa shape index (κ2) is 9.91. The van der Waals surface area contributed by atoms with Crippen LogP contribution >= 0.6 is 15.9 Å². The molecule has 0 spiro atoms. The second-order valence-corrected chi connectivity index (χ2v) is 7.13. The third kappa shape index (κ3) is 6.11. The van der Waals surface area contributed by atoms with Crippen molar-refractivity contribution in [3.63, 3.8) is 0 Å². The van der Waals surface area contributed by atoms with Crippen LogP contribution in [-0.4, -0.2) is 22.3 Å². The highest BCUT2D eigenvalue weighted by molar-refractivity contribution is 9.10. The Morgan fingerprint density at radius 1 is 1.18 bits per heavy atom. The number of hydroxylamine groups is 1. The van der Waals surface area contributed by atoms with Gasteiger partial charge in [0.25, 0.3) is 5.91 Å². The summed E-state index contributed by atoms with van der Waals surface area (Å²) >= 11 is 3.33. The van der Waals surface area contributed by atoms with Gasteiger partial charge in [-0.1, -0.05) is 46.6 Å². The number of benzene rings is 2. The van der Waals surface area contributed by atoms with E-state index in [1.807, 2.05) is 19.1 Å². The van der Waals surface area contributed by atoms with Crippen LogP contribution in [0.3, 0.4) is 0 Å². The van der Waals surface area contributed by atoms with Crippen LogP contribution in [0, 0.1) is 12.8 Å². The number of hydrogen-bond donors (Lipinski definition) is 4. The summed E-state index contributed by atoms with van der Waals surface area (Å²) in [7, 11) is 0. The highest BCUT2D eigenvalue weighted by atomic mass is 79.9. The van der Waals surface area contributed by atoms with Crippen LogP contribution in [0.2, 0.25) is 0 Å². The van der Waals surface area contributed by atoms with Crippen LogP contribution in [-0.2, 0) is 9.53 Å². The predicted octanol–water partition coefficient (Wildman–Crippen LogP) is 4.45. The molecule has 8 heteroatoms. The van der Waals surface area contributed by atoms with Gasteiger partial charge in [0.15, 0.2) is 0 Å². The number of rotatable bonds is 6. The van der Waals surface area contributed by atoms with E-state index in [2.05, 4.69) is 21.2 Å². The van der Waals surface area contributed by atoms with Crippen molar-refractivity contribution in [2.45, 2.75) is 20.0 Å². The molecule has 0 radical (unpaired) electrons. The number of anilines is 1. The first-order chi connectivity index (χ1) is 13.3. The molecular formula is C20H21BrN2O5. The minimum Gasteiger partial charge on any atom is -0.508 e. The van der Waals surface area contributed by atoms with Gasteiger partial charge in [0.05, 0.1) is 0 Å². The molecule has 0 fully saturated rings. The molecule has 0 unspecified atom stereocenters. The van der Waals surface area contributed by atoms with Crippen molar-refractivity contribution in [1.29, 1.82) is 0 Å². The molecule has 0 bridgehead atoms. The van der Waals surface area contributed by atoms with E-state index in [-0.39, 0.29) is 5.75 Å². The Kier molecular flexibility index (Phi) is 7.60. The number of ether oxygens (including phenoxy) is 1. The molecule has 7 nitrogen and oxygen atoms in total. The summed E-state index contributed by atoms with van der Waals surface area (Å²) < 4.78 is 6.25. The normalized spacial score (nSPS) is 13.0. The fraction of sp³-hybridized carbons (Fsp3) is 0.200. The van der Waals surface area contributed by atoms with Crippen molar-refractivity contribution in [2.75, 3.05) is 5.32 Å². The molecule has 2 atom stereocenters. The van der Waals surface area contributed by atoms with Gasteiger partial charge in [-0.3, -0.25) is 15.3 Å². The van der Waals surface area contributed by atoms with Crippen molar-refractivity contribution in [2.24, 2.45) is 5.92 Å². The maximum absolute atomic E-state index is 12.4. The maximum Gasteiger partial charge on any atom is 0.412 e. The predicted molar refractivity (Wildman–Crippen MR) is 108 cm³/mol. The minimum absolute atomic E-state index is 0.0526. The third-order valence-corrected chi connectivity index (χ3v) is 4.46. The van der Waals surface area contributed by atoms with E-state index in [1.165, 1.54) is 17.6 Å². The molecule has 0 saturated heterocycles. The number of carbonyl (C=O) groups excluding carboxylic acids is 2. The zero-order valence-corrected chi connectivity index (χ0v) is 16.9. The maximum atomic E-state index is 12.4. The second-order valence-electron chi connectivity index (χ2n) is 6.21. The summed E-state index contributed by atoms with van der Waals surface area (Å²) in [5.41, 5.74) is 3.48. The first-order valence-electron chi connectivity index (χ1n) is 8.45. The highest BCUT2D eigenvalue weighted by Gasteiger charge is 2.25. The molecule has 0 aliphatic rings. The molecule has 28 heavy (non-hydrogen) atoms. The molecule has 0 aromatic heterocycles. The molecule has 2 aromatic rings. The molecule has 2 aromatic carbocycles. The van der Waals surface area contributed by atoms with E-state index in [1.54, 1.807) is 31.2 Å². The summed E-state index contributed by atoms with van der Waals surface area (Å²) in [5, 5.41) is 21.5. The van der Waals surface area contributed by atoms with E-state index in [0.29, 0.717) is 15.7 Å². The SMILES string of the molecule is Cc1ccc(NC(=O)O[C@H](c2cc(Br)ccc2O)[C@H](C)/C=C/C(=O)NO)cc1. The van der Waals surface area contributed by atoms with Gasteiger partial charge in [-0.2, -0.15) is 0 Å². The molecule has 4 N–H and O–H groups in total. The molecule has 2 amide bonds. The Hall–Kier alpha value is -2.84. The number of halogens is 1. The molecule has 2 rings (SSSR count). The van der Waals surface area contributed by atoms with Crippen molar-refractivity contribution in [3.8, 4) is 5.75 Å². The Labute approximate surface area is 171 Å². The van der Waals surface area contributed by atoms with Gasteiger partial charge in [0, 0.05) is 27.7 Å². The van der Waals surface area contributed by atoms with Crippen molar-refractivity contribution < 1.29 is 24.6 Å². The lowest BCUT2D eigenvalue weighted by Gasteiger charge is -2.23. The van der Waals surface area contributed by atoms with Crippen LogP contribution in [0.15, 0.2) is 59.1 Å². The summed E-state index contributed by atoms with van der Waals surface area (Å²) in [6, 6.07) is 12.0. The van der Waals surface area contributed by atoms with Gasteiger partial charge in [-0.25, -0.2) is 10.3 Å². The largest absolute Gasteiger partial charge is 0.508 e. The molecule has 0 aliphatic heterocycles. The van der Waals surface area contributed by atoms with Gasteiger partial charge in [-0.15, -0.1) is 0 Å². The lowest BCUT2D eigenvalue weighted by Crippen LogP contribution is -2.22. The molecule has 0 heterocycles. The quantitative estimate of drug-likeness (QED) is 0.296. The average molecular weight is 449 g/mol. The van der Waals surface area contributed by atoms with Crippen LogP contribution in [0.1, 0.15) is 24.2 Å². The van der Waals surface area contributed by atoms with Crippen molar-refractivity contribution in [1.82, 2.24) is 5.48 Å². The fourth-order valence-electron chi connectivity index (χ4n) is 2.48. The van der Waals surface area contributed by atoms with Crippen molar-refractivity contribution in [3.05, 3.63) is 70.2 Å². The topological polar surface area (TPSA) is 108 Å². The first-order valence-corrected chi connectivity index (χ1v) is 9.24. The van der Waals surface area contributed by atoms with Gasteiger partial charge in [0.2, 0.25) is 0 Å². The van der Waals surface area contributed by atoms with Gasteiger partial charge in [-0.05, 0) is 37.3 Å². The number of phenols is 1. The number of amides is 2. The first kappa shape index (κ1) is 21.5. The standard InChI is InChI=1S/C20H21BrN2O5/c1-12-3-7-15(8-4-12)22-20(26)28-19(13(2)5-10-18(25)23-27)16-11-14(21)6-9-17(16)24/h3-11,13,19,24,27H,1-2H3,(H,22,26)(H,23,25)/b10-5+/t13-,19+/m1/s1. The van der Waals surface area contributed by atoms with E-state index >= 15 is 0 Å². The number of aryl methyl sites for hydroxylation is 1. The number of hydrogen-bond acceptors (Lipinski definition) is 5. The summed E-state index contributed by atoms with van der Waals surface area (Å²) in [4.78, 5) is 23.7. The highest BCUT2D eigenvalue weighted by Crippen LogP contribution is 2.35. The summed E-state index contributed by atoms with van der Waals surface area (Å²) in [6.45, 7) is 3.65. The molecule has 0 saturated carbocycles. The molecule has 0 aliphatic carbocycles. The van der Waals surface area contributed by atoms with Crippen molar-refractivity contribution >= 4 is 33.6 Å². The van der Waals surface area contributed by atoms with Gasteiger partial charge in [0.1, 0.15) is 11.9 Å². The van der Waals surface area contributed by atoms with Gasteiger partial charge < -0.3 is 9.84 Å². The fourth-order valence-corrected chi connectivity index (χ4v) is 2.86. The average Bonchev–Trinajstić information content (AvgIpc) is 2.67. The zero-order chi connectivity index (χ0) is 20.7. The Morgan fingerprint density at radius 2 is 1.86 bits per heavy atom. The zero-order valence-electron chi connectivity index (χ0n) is 15.3. The number of carbonyl (C=O) groups is 2. The van der Waals surface area contributed by atoms with Gasteiger partial charge >= 0.3 is 6.09 Å². The minimum atomic E-state index is -0.884. The monoisotopic (exact) mass is 448 g/mol. The lowest BCUT2D eigenvalue weighted by atomic mass is 9.96. The Balaban J connectivity index is 2.25. The number of phenolic OH excluding ortho intramolecular Hbond substituents is 1. The molecule has 148 valence electrons. The van der Waals surface area contributed by atoms with Crippen LogP contribution in [0.5, 0.6) is 5.75 Å². The number of nitrogens with one attached hydrogen (secondary N) is 2. The van der Waals surface area contributed by atoms with Crippen LogP contribution in [0.25, 0.3) is 0 Å². The van der Waals surface area contributed by atoms with E-state index < -0.39 is 24.0 Å². The van der Waals surface area contributed by atoms with Crippen LogP contribution < -0.4 is 10.8 Å². The smallest absolute Gasteiger partial charge is 0.412 e. The Bertz CT molecular complexity index is 867. The van der Waals surface area contributed by atoms with E-state index in [0.717, 1.165) is 11.6 Å². The Morgan fingerprint density at radius 3 is 2.50 bits per heavy atom. The number of aromatic hydroxyl groups is 1. The van der Waals surface area contributed by atoms with Crippen LogP contribution in [0.4, 0.5) is 10.5 Å². The molecular weight excluding hydrogens is 428 g/mol.